The van der Waals surface area contributed by atoms with Crippen LogP contribution in [-0.2, 0) is 0 Å². The van der Waals surface area contributed by atoms with Crippen molar-refractivity contribution in [3.8, 4) is 0 Å². The molecule has 1 aromatic heterocycles. The van der Waals surface area contributed by atoms with E-state index in [9.17, 15) is 35.9 Å². The molecule has 190 valence electrons. The fourth-order valence-electron chi connectivity index (χ4n) is 5.53. The summed E-state index contributed by atoms with van der Waals surface area (Å²) in [5.74, 6) is -6.27. The molecule has 0 bridgehead atoms. The van der Waals surface area contributed by atoms with Crippen molar-refractivity contribution >= 4 is 5.57 Å². The lowest BCUT2D eigenvalue weighted by molar-refractivity contribution is -0.292. The molecule has 0 aromatic carbocycles. The maximum atomic E-state index is 15.5. The summed E-state index contributed by atoms with van der Waals surface area (Å²) in [6.07, 6.45) is -9.79. The zero-order chi connectivity index (χ0) is 25.3. The topological polar surface area (TPSA) is 84.1 Å². The number of nitrogens with zero attached hydrogens (tertiary/aromatic N) is 2. The summed E-state index contributed by atoms with van der Waals surface area (Å²) in [7, 11) is 0. The van der Waals surface area contributed by atoms with E-state index in [-0.39, 0.29) is 36.7 Å². The van der Waals surface area contributed by atoms with E-state index in [0.717, 1.165) is 0 Å². The van der Waals surface area contributed by atoms with Crippen molar-refractivity contribution in [3.05, 3.63) is 37.9 Å². The highest BCUT2D eigenvalue weighted by molar-refractivity contribution is 5.71. The number of aromatic nitrogens is 2. The molecule has 4 unspecified atom stereocenters. The Morgan fingerprint density at radius 2 is 1.65 bits per heavy atom. The fraction of sp³-hybridized carbons (Fsp3) is 0.714. The minimum atomic E-state index is -5.56. The van der Waals surface area contributed by atoms with Gasteiger partial charge in [0.1, 0.15) is 5.83 Å². The lowest BCUT2D eigenvalue weighted by Gasteiger charge is -2.38. The lowest BCUT2D eigenvalue weighted by atomic mass is 9.83. The number of alkyl halides is 6. The second-order valence-electron chi connectivity index (χ2n) is 9.51. The van der Waals surface area contributed by atoms with Crippen LogP contribution < -0.4 is 17.0 Å². The highest BCUT2D eigenvalue weighted by atomic mass is 19.4. The van der Waals surface area contributed by atoms with Crippen LogP contribution in [0.15, 0.2) is 15.4 Å². The molecule has 2 aliphatic carbocycles. The van der Waals surface area contributed by atoms with E-state index in [1.807, 2.05) is 0 Å². The third-order valence-electron chi connectivity index (χ3n) is 7.28. The molecule has 13 heteroatoms. The minimum Gasteiger partial charge on any atom is -0.327 e. The van der Waals surface area contributed by atoms with Gasteiger partial charge in [0.05, 0.1) is 11.6 Å². The maximum Gasteiger partial charge on any atom is 0.402 e. The Morgan fingerprint density at radius 3 is 2.18 bits per heavy atom. The summed E-state index contributed by atoms with van der Waals surface area (Å²) in [6.45, 7) is 2.75. The fourth-order valence-corrected chi connectivity index (χ4v) is 5.53. The highest BCUT2D eigenvalue weighted by Gasteiger charge is 2.61. The first kappa shape index (κ1) is 25.0. The Balaban J connectivity index is 1.67. The van der Waals surface area contributed by atoms with Gasteiger partial charge in [-0.3, -0.25) is 19.2 Å². The molecule has 1 aliphatic heterocycles. The van der Waals surface area contributed by atoms with Crippen LogP contribution in [0.1, 0.15) is 56.3 Å². The van der Waals surface area contributed by atoms with Crippen LogP contribution >= 0.6 is 0 Å². The van der Waals surface area contributed by atoms with E-state index < -0.39 is 59.3 Å². The van der Waals surface area contributed by atoms with Crippen molar-refractivity contribution < 1.29 is 30.7 Å². The number of aromatic amines is 1. The molecule has 3 aliphatic rings. The van der Waals surface area contributed by atoms with Gasteiger partial charge in [0, 0.05) is 30.2 Å². The predicted molar refractivity (Wildman–Crippen MR) is 109 cm³/mol. The van der Waals surface area contributed by atoms with Gasteiger partial charge in [-0.05, 0) is 44.2 Å². The molecule has 1 saturated carbocycles. The Bertz CT molecular complexity index is 1100. The van der Waals surface area contributed by atoms with Gasteiger partial charge in [-0.2, -0.15) is 26.3 Å². The van der Waals surface area contributed by atoms with Crippen LogP contribution in [0, 0.1) is 11.8 Å². The zero-order valence-corrected chi connectivity index (χ0v) is 18.4. The molecule has 34 heavy (non-hydrogen) atoms. The second-order valence-corrected chi connectivity index (χ2v) is 9.51. The van der Waals surface area contributed by atoms with Crippen molar-refractivity contribution in [3.63, 3.8) is 0 Å². The monoisotopic (exact) mass is 498 g/mol. The second kappa shape index (κ2) is 8.21. The zero-order valence-electron chi connectivity index (χ0n) is 18.4. The van der Waals surface area contributed by atoms with Gasteiger partial charge in [0.25, 0.3) is 5.56 Å². The van der Waals surface area contributed by atoms with Gasteiger partial charge in [-0.25, -0.2) is 9.18 Å². The van der Waals surface area contributed by atoms with Crippen molar-refractivity contribution in [2.75, 3.05) is 13.1 Å². The normalized spacial score (nSPS) is 27.4. The molecule has 0 spiro atoms. The molecular formula is C21H25F7N4O2. The molecule has 4 atom stereocenters. The smallest absolute Gasteiger partial charge is 0.327 e. The van der Waals surface area contributed by atoms with Crippen molar-refractivity contribution in [2.24, 2.45) is 17.6 Å². The number of allylic oxidation sites excluding steroid dienone is 1. The third kappa shape index (κ3) is 4.10. The molecule has 2 heterocycles. The average Bonchev–Trinajstić information content (AvgIpc) is 3.39. The van der Waals surface area contributed by atoms with E-state index in [0.29, 0.717) is 18.5 Å². The van der Waals surface area contributed by atoms with Crippen molar-refractivity contribution in [1.82, 2.24) is 14.5 Å². The van der Waals surface area contributed by atoms with E-state index in [4.69, 9.17) is 5.73 Å². The lowest BCUT2D eigenvalue weighted by Crippen LogP contribution is -2.53. The molecule has 1 saturated heterocycles. The number of rotatable bonds is 4. The maximum absolute atomic E-state index is 15.5. The molecule has 4 rings (SSSR count). The third-order valence-corrected chi connectivity index (χ3v) is 7.28. The summed E-state index contributed by atoms with van der Waals surface area (Å²) in [6, 6.07) is -3.42. The number of likely N-dealkylation sites (tertiary alicyclic amines) is 1. The number of nitrogens with two attached hydrogens (primary N) is 1. The van der Waals surface area contributed by atoms with Crippen LogP contribution in [0.4, 0.5) is 30.7 Å². The number of fused-ring (bicyclic) bond motifs is 1. The SMILES string of the molecule is CC1=C(F)C(N2CCC(C(N)C(C(F)(F)F)C(F)(F)F)C2)C(C)c2c1c(=O)[nH]c(=O)n2C1CC1. The van der Waals surface area contributed by atoms with Gasteiger partial charge >= 0.3 is 18.0 Å². The van der Waals surface area contributed by atoms with Crippen LogP contribution in [0.25, 0.3) is 5.57 Å². The number of hydrogen-bond acceptors (Lipinski definition) is 4. The number of H-pyrrole nitrogens is 1. The van der Waals surface area contributed by atoms with Crippen LogP contribution in [0.2, 0.25) is 0 Å². The largest absolute Gasteiger partial charge is 0.402 e. The van der Waals surface area contributed by atoms with E-state index in [2.05, 4.69) is 4.98 Å². The number of halogens is 7. The average molecular weight is 498 g/mol. The minimum absolute atomic E-state index is 0.00459. The van der Waals surface area contributed by atoms with Gasteiger partial charge in [-0.15, -0.1) is 0 Å². The molecule has 6 nitrogen and oxygen atoms in total. The summed E-state index contributed by atoms with van der Waals surface area (Å²) in [5.41, 5.74) is 4.56. The molecule has 1 aromatic rings. The Morgan fingerprint density at radius 1 is 1.06 bits per heavy atom. The molecular weight excluding hydrogens is 473 g/mol. The summed E-state index contributed by atoms with van der Waals surface area (Å²) < 4.78 is 96.0. The van der Waals surface area contributed by atoms with Crippen molar-refractivity contribution in [2.45, 2.75) is 69.5 Å². The van der Waals surface area contributed by atoms with Gasteiger partial charge < -0.3 is 5.73 Å². The molecule has 0 radical (unpaired) electrons. The van der Waals surface area contributed by atoms with Crippen LogP contribution in [0.5, 0.6) is 0 Å². The van der Waals surface area contributed by atoms with E-state index in [1.54, 1.807) is 6.92 Å². The van der Waals surface area contributed by atoms with Gasteiger partial charge in [0.2, 0.25) is 0 Å². The van der Waals surface area contributed by atoms with E-state index >= 15 is 4.39 Å². The number of nitrogens with one attached hydrogen (secondary N) is 1. The van der Waals surface area contributed by atoms with E-state index in [1.165, 1.54) is 16.4 Å². The quantitative estimate of drug-likeness (QED) is 0.623. The number of hydrogen-bond donors (Lipinski definition) is 2. The predicted octanol–water partition coefficient (Wildman–Crippen LogP) is 3.45. The Labute approximate surface area is 189 Å². The van der Waals surface area contributed by atoms with Crippen LogP contribution in [0.3, 0.4) is 0 Å². The Kier molecular flexibility index (Phi) is 6.03. The van der Waals surface area contributed by atoms with Crippen LogP contribution in [-0.4, -0.2) is 52.0 Å². The van der Waals surface area contributed by atoms with Gasteiger partial charge in [0.15, 0.2) is 5.92 Å². The molecule has 2 fully saturated rings. The van der Waals surface area contributed by atoms with Crippen molar-refractivity contribution in [1.29, 1.82) is 0 Å². The first-order chi connectivity index (χ1) is 15.6. The summed E-state index contributed by atoms with van der Waals surface area (Å²) >= 11 is 0. The first-order valence-electron chi connectivity index (χ1n) is 11.0. The molecule has 3 N–H and O–H groups in total. The highest BCUT2D eigenvalue weighted by Crippen LogP contribution is 2.47. The summed E-state index contributed by atoms with van der Waals surface area (Å²) in [5, 5.41) is 0. The summed E-state index contributed by atoms with van der Waals surface area (Å²) in [4.78, 5) is 28.7. The molecule has 0 amide bonds. The standard InChI is InChI=1S/C21H25F7N4O2/c1-8-12-15(32(11-3-4-11)19(34)30-18(12)33)9(2)16(13(8)22)31-6-5-10(7-31)14(29)17(20(23,24)25)21(26,27)28/h9-11,14,16-17H,3-7,29H2,1-2H3,(H,30,33,34). The van der Waals surface area contributed by atoms with Gasteiger partial charge in [-0.1, -0.05) is 6.92 Å². The first-order valence-corrected chi connectivity index (χ1v) is 11.0. The Hall–Kier alpha value is -2.15.